The van der Waals surface area contributed by atoms with Crippen molar-refractivity contribution < 1.29 is 4.39 Å². The molecule has 3 aliphatic rings. The Morgan fingerprint density at radius 2 is 1.74 bits per heavy atom. The van der Waals surface area contributed by atoms with E-state index in [-0.39, 0.29) is 5.82 Å². The van der Waals surface area contributed by atoms with Crippen molar-refractivity contribution in [1.82, 2.24) is 0 Å². The van der Waals surface area contributed by atoms with Crippen LogP contribution in [0.1, 0.15) is 107 Å². The Kier molecular flexibility index (Phi) is 6.25. The summed E-state index contributed by atoms with van der Waals surface area (Å²) in [5, 5.41) is 0. The van der Waals surface area contributed by atoms with Crippen molar-refractivity contribution in [3.8, 4) is 0 Å². The van der Waals surface area contributed by atoms with Crippen LogP contribution in [0.15, 0.2) is 12.1 Å². The molecule has 2 saturated carbocycles. The van der Waals surface area contributed by atoms with Crippen molar-refractivity contribution >= 4 is 0 Å². The maximum atomic E-state index is 15.5. The lowest BCUT2D eigenvalue weighted by Gasteiger charge is -2.42. The van der Waals surface area contributed by atoms with E-state index < -0.39 is 0 Å². The Balaban J connectivity index is 1.45. The molecular formula is C26H39F. The summed E-state index contributed by atoms with van der Waals surface area (Å²) in [7, 11) is 0. The van der Waals surface area contributed by atoms with Crippen molar-refractivity contribution in [2.45, 2.75) is 103 Å². The van der Waals surface area contributed by atoms with E-state index in [4.69, 9.17) is 0 Å². The first-order valence-electron chi connectivity index (χ1n) is 12.0. The molecule has 5 unspecified atom stereocenters. The van der Waals surface area contributed by atoms with Gasteiger partial charge in [0.05, 0.1) is 0 Å². The van der Waals surface area contributed by atoms with Gasteiger partial charge in [-0.25, -0.2) is 4.39 Å². The molecule has 4 rings (SSSR count). The lowest BCUT2D eigenvalue weighted by atomic mass is 9.63. The summed E-state index contributed by atoms with van der Waals surface area (Å²) in [6.45, 7) is 4.62. The minimum absolute atomic E-state index is 0.187. The van der Waals surface area contributed by atoms with E-state index in [1.54, 1.807) is 0 Å². The highest BCUT2D eigenvalue weighted by Crippen LogP contribution is 2.49. The number of hydrogen-bond acceptors (Lipinski definition) is 0. The first kappa shape index (κ1) is 19.5. The molecule has 1 aromatic carbocycles. The molecule has 0 amide bonds. The quantitative estimate of drug-likeness (QED) is 0.495. The number of halogens is 1. The number of rotatable bonds is 5. The molecule has 0 saturated heterocycles. The van der Waals surface area contributed by atoms with E-state index in [0.717, 1.165) is 47.6 Å². The summed E-state index contributed by atoms with van der Waals surface area (Å²) in [5.41, 5.74) is 3.47. The molecular weight excluding hydrogens is 331 g/mol. The van der Waals surface area contributed by atoms with Crippen molar-refractivity contribution in [3.63, 3.8) is 0 Å². The third-order valence-electron chi connectivity index (χ3n) is 8.39. The second kappa shape index (κ2) is 8.66. The topological polar surface area (TPSA) is 0 Å². The number of fused-ring (bicyclic) bond motifs is 2. The predicted octanol–water partition coefficient (Wildman–Crippen LogP) is 7.83. The van der Waals surface area contributed by atoms with Crippen LogP contribution < -0.4 is 0 Å². The smallest absolute Gasteiger partial charge is 0.130 e. The Hall–Kier alpha value is -0.850. The predicted molar refractivity (Wildman–Crippen MR) is 113 cm³/mol. The van der Waals surface area contributed by atoms with Crippen molar-refractivity contribution in [2.24, 2.45) is 23.7 Å². The lowest BCUT2D eigenvalue weighted by molar-refractivity contribution is 0.115. The molecule has 0 N–H and O–H groups in total. The van der Waals surface area contributed by atoms with Crippen molar-refractivity contribution in [2.75, 3.05) is 0 Å². The molecule has 5 atom stereocenters. The molecule has 1 aromatic rings. The van der Waals surface area contributed by atoms with E-state index in [0.29, 0.717) is 5.92 Å². The van der Waals surface area contributed by atoms with E-state index in [2.05, 4.69) is 26.0 Å². The van der Waals surface area contributed by atoms with E-state index in [9.17, 15) is 0 Å². The standard InChI is InChI=1S/C26H39F/c1-3-5-6-19-8-13-24-22(16-19)12-14-25(26(24)27)23-11-10-20-15-18(4-2)7-9-21(20)17-23/h12,14,18-21,23H,3-11,13,15-17H2,1-2H3. The fourth-order valence-corrected chi connectivity index (χ4v) is 6.60. The van der Waals surface area contributed by atoms with E-state index in [1.807, 2.05) is 0 Å². The summed E-state index contributed by atoms with van der Waals surface area (Å²) in [6.07, 6.45) is 16.6. The normalized spacial score (nSPS) is 33.4. The monoisotopic (exact) mass is 370 g/mol. The molecule has 1 heteroatoms. The molecule has 0 nitrogen and oxygen atoms in total. The van der Waals surface area contributed by atoms with Crippen LogP contribution in [0, 0.1) is 29.5 Å². The van der Waals surface area contributed by atoms with E-state index in [1.165, 1.54) is 76.2 Å². The minimum atomic E-state index is 0.187. The highest BCUT2D eigenvalue weighted by Gasteiger charge is 2.36. The zero-order chi connectivity index (χ0) is 18.8. The van der Waals surface area contributed by atoms with Gasteiger partial charge in [0, 0.05) is 0 Å². The molecule has 0 aromatic heterocycles. The van der Waals surface area contributed by atoms with Crippen molar-refractivity contribution in [1.29, 1.82) is 0 Å². The summed E-state index contributed by atoms with van der Waals surface area (Å²) in [4.78, 5) is 0. The van der Waals surface area contributed by atoms with Crippen LogP contribution in [0.5, 0.6) is 0 Å². The second-order valence-electron chi connectivity index (χ2n) is 9.97. The lowest BCUT2D eigenvalue weighted by Crippen LogP contribution is -2.30. The molecule has 150 valence electrons. The first-order valence-corrected chi connectivity index (χ1v) is 12.0. The van der Waals surface area contributed by atoms with Gasteiger partial charge in [-0.2, -0.15) is 0 Å². The van der Waals surface area contributed by atoms with Crippen LogP contribution >= 0.6 is 0 Å². The van der Waals surface area contributed by atoms with Crippen LogP contribution in [0.2, 0.25) is 0 Å². The third kappa shape index (κ3) is 4.13. The Morgan fingerprint density at radius 3 is 2.56 bits per heavy atom. The summed E-state index contributed by atoms with van der Waals surface area (Å²) in [6, 6.07) is 4.48. The largest absolute Gasteiger partial charge is 0.206 e. The van der Waals surface area contributed by atoms with Gasteiger partial charge >= 0.3 is 0 Å². The fourth-order valence-electron chi connectivity index (χ4n) is 6.60. The van der Waals surface area contributed by atoms with Gasteiger partial charge in [0.15, 0.2) is 0 Å². The SMILES string of the molecule is CCCCC1CCc2c(ccc(C3CCC4CC(CC)CCC4C3)c2F)C1. The highest BCUT2D eigenvalue weighted by molar-refractivity contribution is 5.38. The van der Waals surface area contributed by atoms with Gasteiger partial charge in [-0.1, -0.05) is 58.1 Å². The van der Waals surface area contributed by atoms with Crippen LogP contribution in [0.4, 0.5) is 4.39 Å². The number of benzene rings is 1. The van der Waals surface area contributed by atoms with Gasteiger partial charge in [0.25, 0.3) is 0 Å². The molecule has 0 heterocycles. The van der Waals surface area contributed by atoms with Crippen LogP contribution in [-0.2, 0) is 12.8 Å². The van der Waals surface area contributed by atoms with Crippen molar-refractivity contribution in [3.05, 3.63) is 34.6 Å². The molecule has 0 radical (unpaired) electrons. The molecule has 0 spiro atoms. The molecule has 27 heavy (non-hydrogen) atoms. The van der Waals surface area contributed by atoms with Crippen LogP contribution in [0.25, 0.3) is 0 Å². The van der Waals surface area contributed by atoms with Crippen LogP contribution in [-0.4, -0.2) is 0 Å². The Bertz CT molecular complexity index is 633. The second-order valence-corrected chi connectivity index (χ2v) is 9.97. The molecule has 3 aliphatic carbocycles. The maximum absolute atomic E-state index is 15.5. The van der Waals surface area contributed by atoms with Gasteiger partial charge in [0.1, 0.15) is 5.82 Å². The van der Waals surface area contributed by atoms with Gasteiger partial charge in [-0.3, -0.25) is 0 Å². The third-order valence-corrected chi connectivity index (χ3v) is 8.39. The summed E-state index contributed by atoms with van der Waals surface area (Å²) < 4.78 is 15.5. The average molecular weight is 371 g/mol. The van der Waals surface area contributed by atoms with Gasteiger partial charge < -0.3 is 0 Å². The highest BCUT2D eigenvalue weighted by atomic mass is 19.1. The molecule has 2 fully saturated rings. The average Bonchev–Trinajstić information content (AvgIpc) is 2.71. The Morgan fingerprint density at radius 1 is 0.926 bits per heavy atom. The fraction of sp³-hybridized carbons (Fsp3) is 0.769. The number of hydrogen-bond donors (Lipinski definition) is 0. The molecule has 0 bridgehead atoms. The minimum Gasteiger partial charge on any atom is -0.206 e. The summed E-state index contributed by atoms with van der Waals surface area (Å²) in [5.74, 6) is 4.20. The van der Waals surface area contributed by atoms with Crippen LogP contribution in [0.3, 0.4) is 0 Å². The van der Waals surface area contributed by atoms with Gasteiger partial charge in [-0.15, -0.1) is 0 Å². The first-order chi connectivity index (χ1) is 13.2. The zero-order valence-electron chi connectivity index (χ0n) is 17.6. The molecule has 0 aliphatic heterocycles. The number of unbranched alkanes of at least 4 members (excludes halogenated alkanes) is 1. The Labute approximate surface area is 166 Å². The van der Waals surface area contributed by atoms with Gasteiger partial charge in [0.2, 0.25) is 0 Å². The van der Waals surface area contributed by atoms with E-state index >= 15 is 4.39 Å². The summed E-state index contributed by atoms with van der Waals surface area (Å²) >= 11 is 0. The zero-order valence-corrected chi connectivity index (χ0v) is 17.6. The maximum Gasteiger partial charge on any atom is 0.130 e. The van der Waals surface area contributed by atoms with Gasteiger partial charge in [-0.05, 0) is 97.6 Å².